The molecule has 0 atom stereocenters. The number of carbonyl (C=O) groups is 1. The van der Waals surface area contributed by atoms with Crippen molar-refractivity contribution in [3.8, 4) is 5.75 Å². The minimum absolute atomic E-state index is 0.103. The van der Waals surface area contributed by atoms with E-state index in [0.717, 1.165) is 46.3 Å². The highest BCUT2D eigenvalue weighted by molar-refractivity contribution is 9.10. The molecule has 1 amide bonds. The number of hydrogen-bond acceptors (Lipinski definition) is 2. The lowest BCUT2D eigenvalue weighted by molar-refractivity contribution is -0.140. The first-order valence-electron chi connectivity index (χ1n) is 10.4. The Morgan fingerprint density at radius 1 is 1.07 bits per heavy atom. The summed E-state index contributed by atoms with van der Waals surface area (Å²) in [6, 6.07) is 2.71. The van der Waals surface area contributed by atoms with Crippen molar-refractivity contribution in [2.24, 2.45) is 0 Å². The summed E-state index contributed by atoms with van der Waals surface area (Å²) in [6.45, 7) is 4.03. The predicted octanol–water partition coefficient (Wildman–Crippen LogP) is 6.59. The quantitative estimate of drug-likeness (QED) is 0.500. The number of halogens is 2. The molecule has 0 unspecified atom stereocenters. The first kappa shape index (κ1) is 21.0. The molecule has 27 heavy (non-hydrogen) atoms. The normalized spacial score (nSPS) is 19.1. The highest BCUT2D eigenvalue weighted by atomic mass is 79.9. The minimum atomic E-state index is 0.103. The molecule has 1 aromatic rings. The van der Waals surface area contributed by atoms with Gasteiger partial charge in [0, 0.05) is 17.1 Å². The van der Waals surface area contributed by atoms with Crippen LogP contribution < -0.4 is 4.74 Å². The summed E-state index contributed by atoms with van der Waals surface area (Å²) < 4.78 is 6.82. The van der Waals surface area contributed by atoms with Gasteiger partial charge >= 0.3 is 0 Å². The van der Waals surface area contributed by atoms with Gasteiger partial charge < -0.3 is 9.64 Å². The van der Waals surface area contributed by atoms with Crippen molar-refractivity contribution in [3.63, 3.8) is 0 Å². The zero-order valence-corrected chi connectivity index (χ0v) is 18.9. The van der Waals surface area contributed by atoms with E-state index in [1.165, 1.54) is 38.5 Å². The predicted molar refractivity (Wildman–Crippen MR) is 115 cm³/mol. The smallest absolute Gasteiger partial charge is 0.261 e. The van der Waals surface area contributed by atoms with Crippen LogP contribution in [0.25, 0.3) is 0 Å². The van der Waals surface area contributed by atoms with Crippen LogP contribution in [-0.2, 0) is 4.79 Å². The average molecular weight is 457 g/mol. The second kappa shape index (κ2) is 9.65. The molecule has 2 aliphatic rings. The summed E-state index contributed by atoms with van der Waals surface area (Å²) >= 11 is 9.88. The number of carbonyl (C=O) groups excluding carboxylic acids is 1. The maximum Gasteiger partial charge on any atom is 0.261 e. The fraction of sp³-hybridized carbons (Fsp3) is 0.682. The number of amides is 1. The number of hydrogen-bond donors (Lipinski definition) is 0. The third-order valence-electron chi connectivity index (χ3n) is 6.14. The fourth-order valence-corrected chi connectivity index (χ4v) is 5.33. The molecule has 5 heteroatoms. The second-order valence-corrected chi connectivity index (χ2v) is 9.29. The van der Waals surface area contributed by atoms with Gasteiger partial charge in [0.05, 0.1) is 4.47 Å². The molecular weight excluding hydrogens is 426 g/mol. The number of rotatable bonds is 5. The van der Waals surface area contributed by atoms with Crippen LogP contribution >= 0.6 is 27.5 Å². The molecule has 0 bridgehead atoms. The molecule has 0 aliphatic heterocycles. The third-order valence-corrected chi connectivity index (χ3v) is 7.71. The van der Waals surface area contributed by atoms with Crippen LogP contribution in [0.5, 0.6) is 5.75 Å². The summed E-state index contributed by atoms with van der Waals surface area (Å²) in [4.78, 5) is 15.4. The van der Waals surface area contributed by atoms with Gasteiger partial charge in [-0.15, -0.1) is 0 Å². The average Bonchev–Trinajstić information content (AvgIpc) is 2.70. The number of nitrogens with zero attached hydrogens (tertiary/aromatic N) is 1. The number of aryl methyl sites for hydroxylation is 1. The first-order valence-corrected chi connectivity index (χ1v) is 11.5. The largest absolute Gasteiger partial charge is 0.483 e. The number of benzene rings is 1. The van der Waals surface area contributed by atoms with E-state index in [1.807, 2.05) is 19.9 Å². The van der Waals surface area contributed by atoms with Gasteiger partial charge in [-0.3, -0.25) is 4.79 Å². The van der Waals surface area contributed by atoms with Crippen LogP contribution in [0.1, 0.15) is 75.3 Å². The van der Waals surface area contributed by atoms with Gasteiger partial charge in [-0.2, -0.15) is 0 Å². The molecule has 0 N–H and O–H groups in total. The third kappa shape index (κ3) is 5.00. The Kier molecular flexibility index (Phi) is 7.49. The van der Waals surface area contributed by atoms with Gasteiger partial charge in [0.15, 0.2) is 6.61 Å². The number of ether oxygens (including phenoxy) is 1. The summed E-state index contributed by atoms with van der Waals surface area (Å²) in [5.74, 6) is 0.848. The lowest BCUT2D eigenvalue weighted by Crippen LogP contribution is -2.50. The Morgan fingerprint density at radius 2 is 1.59 bits per heavy atom. The molecule has 1 aromatic carbocycles. The van der Waals surface area contributed by atoms with Crippen LogP contribution in [0.3, 0.4) is 0 Å². The van der Waals surface area contributed by atoms with Gasteiger partial charge in [0.25, 0.3) is 5.91 Å². The molecule has 0 aromatic heterocycles. The maximum atomic E-state index is 13.2. The fourth-order valence-electron chi connectivity index (χ4n) is 4.64. The van der Waals surface area contributed by atoms with E-state index in [4.69, 9.17) is 16.3 Å². The molecule has 0 heterocycles. The SMILES string of the molecule is Cc1cc(OCC(=O)N(C2CCCCC2)C2CCCCC2)c(Br)c(C)c1Cl. The molecule has 2 aliphatic carbocycles. The van der Waals surface area contributed by atoms with E-state index in [1.54, 1.807) is 0 Å². The molecular formula is C22H31BrClNO2. The lowest BCUT2D eigenvalue weighted by atomic mass is 9.88. The molecule has 150 valence electrons. The van der Waals surface area contributed by atoms with E-state index < -0.39 is 0 Å². The van der Waals surface area contributed by atoms with Crippen LogP contribution in [0.2, 0.25) is 5.02 Å². The standard InChI is InChI=1S/C22H31BrClNO2/c1-15-13-19(21(23)16(2)22(15)24)27-14-20(26)25(17-9-5-3-6-10-17)18-11-7-4-8-12-18/h13,17-18H,3-12,14H2,1-2H3. The Balaban J connectivity index is 1.72. The lowest BCUT2D eigenvalue weighted by Gasteiger charge is -2.41. The van der Waals surface area contributed by atoms with Crippen molar-refractivity contribution in [3.05, 3.63) is 26.7 Å². The van der Waals surface area contributed by atoms with Crippen LogP contribution in [0.15, 0.2) is 10.5 Å². The molecule has 0 spiro atoms. The van der Waals surface area contributed by atoms with Crippen molar-refractivity contribution in [1.29, 1.82) is 0 Å². The van der Waals surface area contributed by atoms with Crippen molar-refractivity contribution in [2.75, 3.05) is 6.61 Å². The highest BCUT2D eigenvalue weighted by Gasteiger charge is 2.32. The summed E-state index contributed by atoms with van der Waals surface area (Å²) in [5, 5.41) is 0.742. The van der Waals surface area contributed by atoms with Crippen molar-refractivity contribution in [1.82, 2.24) is 4.90 Å². The van der Waals surface area contributed by atoms with Crippen molar-refractivity contribution >= 4 is 33.4 Å². The van der Waals surface area contributed by atoms with Crippen molar-refractivity contribution in [2.45, 2.75) is 90.1 Å². The topological polar surface area (TPSA) is 29.5 Å². The molecule has 0 saturated heterocycles. The van der Waals surface area contributed by atoms with E-state index in [-0.39, 0.29) is 12.5 Å². The van der Waals surface area contributed by atoms with Crippen molar-refractivity contribution < 1.29 is 9.53 Å². The highest BCUT2D eigenvalue weighted by Crippen LogP contribution is 2.36. The summed E-state index contributed by atoms with van der Waals surface area (Å²) in [6.07, 6.45) is 12.1. The minimum Gasteiger partial charge on any atom is -0.483 e. The Bertz CT molecular complexity index is 649. The van der Waals surface area contributed by atoms with Gasteiger partial charge in [-0.05, 0) is 72.7 Å². The van der Waals surface area contributed by atoms with E-state index in [2.05, 4.69) is 20.8 Å². The molecule has 3 nitrogen and oxygen atoms in total. The molecule has 2 saturated carbocycles. The second-order valence-electron chi connectivity index (χ2n) is 8.12. The first-order chi connectivity index (χ1) is 13.0. The zero-order valence-electron chi connectivity index (χ0n) is 16.5. The van der Waals surface area contributed by atoms with E-state index in [9.17, 15) is 4.79 Å². The van der Waals surface area contributed by atoms with Crippen LogP contribution in [-0.4, -0.2) is 29.5 Å². The van der Waals surface area contributed by atoms with Gasteiger partial charge in [-0.1, -0.05) is 50.1 Å². The van der Waals surface area contributed by atoms with Gasteiger partial charge in [0.1, 0.15) is 5.75 Å². The van der Waals surface area contributed by atoms with Gasteiger partial charge in [-0.25, -0.2) is 0 Å². The monoisotopic (exact) mass is 455 g/mol. The Labute approximate surface area is 176 Å². The molecule has 2 fully saturated rings. The Morgan fingerprint density at radius 3 is 2.11 bits per heavy atom. The summed E-state index contributed by atoms with van der Waals surface area (Å²) in [5.41, 5.74) is 1.92. The Hall–Kier alpha value is -0.740. The summed E-state index contributed by atoms with van der Waals surface area (Å²) in [7, 11) is 0. The molecule has 0 radical (unpaired) electrons. The van der Waals surface area contributed by atoms with Crippen LogP contribution in [0.4, 0.5) is 0 Å². The van der Waals surface area contributed by atoms with E-state index in [0.29, 0.717) is 17.8 Å². The van der Waals surface area contributed by atoms with E-state index >= 15 is 0 Å². The zero-order chi connectivity index (χ0) is 19.4. The maximum absolute atomic E-state index is 13.2. The van der Waals surface area contributed by atoms with Crippen LogP contribution in [0, 0.1) is 13.8 Å². The molecule has 3 rings (SSSR count). The van der Waals surface area contributed by atoms with Gasteiger partial charge in [0.2, 0.25) is 0 Å².